The van der Waals surface area contributed by atoms with E-state index in [1.165, 1.54) is 11.8 Å². The fourth-order valence-electron chi connectivity index (χ4n) is 3.28. The molecule has 32 heavy (non-hydrogen) atoms. The van der Waals surface area contributed by atoms with E-state index in [4.69, 9.17) is 22.9 Å². The number of likely N-dealkylation sites (tertiary alicyclic amines) is 1. The quantitative estimate of drug-likeness (QED) is 0.0865. The SMILES string of the molecule is CC(N)C(=O)N1CCCC1C(=O)NC(CCCN=C(N)N)C(=O)NC(CC(N)=O)C(=O)O. The van der Waals surface area contributed by atoms with Crippen LogP contribution in [0.1, 0.15) is 39.0 Å². The molecule has 1 aliphatic rings. The molecule has 0 aromatic heterocycles. The third-order valence-corrected chi connectivity index (χ3v) is 4.83. The normalized spacial score (nSPS) is 18.2. The van der Waals surface area contributed by atoms with Gasteiger partial charge in [-0.3, -0.25) is 24.2 Å². The second-order valence-corrected chi connectivity index (χ2v) is 7.56. The first kappa shape index (κ1) is 26.6. The Morgan fingerprint density at radius 1 is 1.12 bits per heavy atom. The summed E-state index contributed by atoms with van der Waals surface area (Å²) < 4.78 is 0. The van der Waals surface area contributed by atoms with Gasteiger partial charge in [0.25, 0.3) is 0 Å². The summed E-state index contributed by atoms with van der Waals surface area (Å²) in [5.41, 5.74) is 21.2. The summed E-state index contributed by atoms with van der Waals surface area (Å²) in [5.74, 6) is -4.28. The lowest BCUT2D eigenvalue weighted by atomic mass is 10.1. The minimum atomic E-state index is -1.56. The highest BCUT2D eigenvalue weighted by Crippen LogP contribution is 2.18. The van der Waals surface area contributed by atoms with E-state index in [1.54, 1.807) is 0 Å². The molecule has 0 saturated carbocycles. The first-order chi connectivity index (χ1) is 14.9. The Hall–Kier alpha value is -3.42. The summed E-state index contributed by atoms with van der Waals surface area (Å²) in [7, 11) is 0. The number of nitrogens with one attached hydrogen (secondary N) is 2. The van der Waals surface area contributed by atoms with E-state index in [0.29, 0.717) is 19.4 Å². The van der Waals surface area contributed by atoms with Crippen LogP contribution in [0, 0.1) is 0 Å². The topological polar surface area (TPSA) is 249 Å². The van der Waals surface area contributed by atoms with Crippen LogP contribution in [-0.4, -0.2) is 82.8 Å². The second-order valence-electron chi connectivity index (χ2n) is 7.56. The highest BCUT2D eigenvalue weighted by molar-refractivity contribution is 5.95. The molecule has 4 unspecified atom stereocenters. The Bertz CT molecular complexity index is 752. The second kappa shape index (κ2) is 12.4. The predicted molar refractivity (Wildman–Crippen MR) is 114 cm³/mol. The van der Waals surface area contributed by atoms with Crippen LogP contribution in [0.5, 0.6) is 0 Å². The van der Waals surface area contributed by atoms with Gasteiger partial charge in [-0.2, -0.15) is 0 Å². The molecule has 1 saturated heterocycles. The van der Waals surface area contributed by atoms with Crippen LogP contribution in [0.2, 0.25) is 0 Å². The van der Waals surface area contributed by atoms with Crippen molar-refractivity contribution in [3.63, 3.8) is 0 Å². The average molecular weight is 457 g/mol. The van der Waals surface area contributed by atoms with Crippen molar-refractivity contribution < 1.29 is 29.1 Å². The zero-order valence-corrected chi connectivity index (χ0v) is 18.0. The molecular formula is C18H32N8O6. The molecule has 1 heterocycles. The van der Waals surface area contributed by atoms with Gasteiger partial charge in [-0.05, 0) is 32.6 Å². The Morgan fingerprint density at radius 2 is 1.78 bits per heavy atom. The van der Waals surface area contributed by atoms with E-state index in [2.05, 4.69) is 15.6 Å². The van der Waals surface area contributed by atoms with Crippen LogP contribution < -0.4 is 33.6 Å². The highest BCUT2D eigenvalue weighted by Gasteiger charge is 2.37. The van der Waals surface area contributed by atoms with Crippen LogP contribution in [0.3, 0.4) is 0 Å². The van der Waals surface area contributed by atoms with Crippen LogP contribution >= 0.6 is 0 Å². The van der Waals surface area contributed by atoms with Crippen LogP contribution in [0.25, 0.3) is 0 Å². The zero-order valence-electron chi connectivity index (χ0n) is 18.0. The number of carbonyl (C=O) groups excluding carboxylic acids is 4. The van der Waals surface area contributed by atoms with Crippen molar-refractivity contribution in [3.8, 4) is 0 Å². The maximum Gasteiger partial charge on any atom is 0.326 e. The van der Waals surface area contributed by atoms with E-state index in [1.807, 2.05) is 0 Å². The average Bonchev–Trinajstić information content (AvgIpc) is 3.18. The van der Waals surface area contributed by atoms with E-state index < -0.39 is 54.3 Å². The number of carbonyl (C=O) groups is 5. The van der Waals surface area contributed by atoms with Crippen molar-refractivity contribution in [2.24, 2.45) is 27.9 Å². The number of rotatable bonds is 12. The van der Waals surface area contributed by atoms with Gasteiger partial charge in [0.1, 0.15) is 18.1 Å². The molecule has 14 heteroatoms. The Morgan fingerprint density at radius 3 is 2.31 bits per heavy atom. The fourth-order valence-corrected chi connectivity index (χ4v) is 3.28. The molecule has 4 amide bonds. The van der Waals surface area contributed by atoms with Gasteiger partial charge >= 0.3 is 5.97 Å². The van der Waals surface area contributed by atoms with Gasteiger partial charge in [0.2, 0.25) is 23.6 Å². The van der Waals surface area contributed by atoms with E-state index in [-0.39, 0.29) is 31.3 Å². The molecule has 1 fully saturated rings. The molecule has 0 radical (unpaired) electrons. The molecule has 0 aromatic carbocycles. The molecule has 0 bridgehead atoms. The van der Waals surface area contributed by atoms with Crippen molar-refractivity contribution >= 4 is 35.6 Å². The van der Waals surface area contributed by atoms with Gasteiger partial charge in [-0.15, -0.1) is 0 Å². The lowest BCUT2D eigenvalue weighted by Crippen LogP contribution is -2.56. The van der Waals surface area contributed by atoms with Gasteiger partial charge in [0.05, 0.1) is 12.5 Å². The lowest BCUT2D eigenvalue weighted by molar-refractivity contribution is -0.144. The summed E-state index contributed by atoms with van der Waals surface area (Å²) in [6.45, 7) is 2.05. The molecule has 0 aliphatic carbocycles. The van der Waals surface area contributed by atoms with Crippen molar-refractivity contribution in [3.05, 3.63) is 0 Å². The number of primary amides is 1. The summed E-state index contributed by atoms with van der Waals surface area (Å²) in [6, 6.07) is -4.30. The fraction of sp³-hybridized carbons (Fsp3) is 0.667. The third kappa shape index (κ3) is 8.37. The minimum absolute atomic E-state index is 0.0746. The van der Waals surface area contributed by atoms with E-state index in [0.717, 1.165) is 0 Å². The molecule has 11 N–H and O–H groups in total. The maximum absolute atomic E-state index is 12.9. The number of carboxylic acids is 1. The van der Waals surface area contributed by atoms with Gasteiger partial charge in [0.15, 0.2) is 5.96 Å². The van der Waals surface area contributed by atoms with Crippen LogP contribution in [-0.2, 0) is 24.0 Å². The molecule has 180 valence electrons. The van der Waals surface area contributed by atoms with Gasteiger partial charge in [-0.1, -0.05) is 0 Å². The molecule has 1 rings (SSSR count). The number of aliphatic imine (C=N–C) groups is 1. The first-order valence-electron chi connectivity index (χ1n) is 10.2. The number of hydrogen-bond acceptors (Lipinski definition) is 7. The molecule has 0 spiro atoms. The summed E-state index contributed by atoms with van der Waals surface area (Å²) in [5, 5.41) is 14.0. The standard InChI is InChI=1S/C18H32N8O6/c1-9(19)16(30)26-7-3-5-12(26)15(29)24-10(4-2-6-23-18(21)22)14(28)25-11(17(31)32)8-13(20)27/h9-12H,2-8,19H2,1H3,(H2,20,27)(H,24,29)(H,25,28)(H,31,32)(H4,21,22,23). The minimum Gasteiger partial charge on any atom is -0.480 e. The third-order valence-electron chi connectivity index (χ3n) is 4.83. The van der Waals surface area contributed by atoms with Gasteiger partial charge in [0, 0.05) is 13.1 Å². The van der Waals surface area contributed by atoms with Gasteiger partial charge < -0.3 is 43.6 Å². The van der Waals surface area contributed by atoms with Crippen molar-refractivity contribution in [1.82, 2.24) is 15.5 Å². The van der Waals surface area contributed by atoms with Crippen LogP contribution in [0.15, 0.2) is 4.99 Å². The summed E-state index contributed by atoms with van der Waals surface area (Å²) in [6.07, 6.45) is 0.737. The number of aliphatic carboxylic acids is 1. The number of nitrogens with zero attached hydrogens (tertiary/aromatic N) is 2. The Kier molecular flexibility index (Phi) is 10.3. The van der Waals surface area contributed by atoms with Crippen LogP contribution in [0.4, 0.5) is 0 Å². The van der Waals surface area contributed by atoms with Crippen molar-refractivity contribution in [1.29, 1.82) is 0 Å². The lowest BCUT2D eigenvalue weighted by Gasteiger charge is -2.28. The van der Waals surface area contributed by atoms with E-state index in [9.17, 15) is 29.1 Å². The Balaban J connectivity index is 2.94. The summed E-state index contributed by atoms with van der Waals surface area (Å²) >= 11 is 0. The molecule has 0 aromatic rings. The molecule has 4 atom stereocenters. The predicted octanol–water partition coefficient (Wildman–Crippen LogP) is -3.69. The van der Waals surface area contributed by atoms with Gasteiger partial charge in [-0.25, -0.2) is 4.79 Å². The van der Waals surface area contributed by atoms with Crippen molar-refractivity contribution in [2.75, 3.05) is 13.1 Å². The highest BCUT2D eigenvalue weighted by atomic mass is 16.4. The largest absolute Gasteiger partial charge is 0.480 e. The molecular weight excluding hydrogens is 424 g/mol. The smallest absolute Gasteiger partial charge is 0.326 e. The number of amides is 4. The molecule has 1 aliphatic heterocycles. The molecule has 14 nitrogen and oxygen atoms in total. The van der Waals surface area contributed by atoms with E-state index >= 15 is 0 Å². The first-order valence-corrected chi connectivity index (χ1v) is 10.2. The maximum atomic E-state index is 12.9. The number of carboxylic acid groups (broad SMARTS) is 1. The summed E-state index contributed by atoms with van der Waals surface area (Å²) in [4.78, 5) is 65.4. The number of hydrogen-bond donors (Lipinski definition) is 7. The number of guanidine groups is 1. The Labute approximate surface area is 185 Å². The monoisotopic (exact) mass is 456 g/mol. The van der Waals surface area contributed by atoms with Crippen molar-refractivity contribution in [2.45, 2.75) is 63.2 Å². The number of nitrogens with two attached hydrogens (primary N) is 4. The zero-order chi connectivity index (χ0) is 24.4.